The van der Waals surface area contributed by atoms with Crippen LogP contribution in [0.3, 0.4) is 0 Å². The molecular weight excluding hydrogens is 265 g/mol. The van der Waals surface area contributed by atoms with Gasteiger partial charge < -0.3 is 9.64 Å². The Bertz CT molecular complexity index is 242. The molecule has 0 unspecified atom stereocenters. The van der Waals surface area contributed by atoms with Gasteiger partial charge in [-0.15, -0.1) is 0 Å². The van der Waals surface area contributed by atoms with Crippen LogP contribution in [0.15, 0.2) is 0 Å². The van der Waals surface area contributed by atoms with Crippen molar-refractivity contribution in [2.75, 3.05) is 18.4 Å². The van der Waals surface area contributed by atoms with Crippen LogP contribution in [0.5, 0.6) is 0 Å². The molecule has 0 aromatic heterocycles. The molecule has 0 N–H and O–H groups in total. The minimum Gasteiger partial charge on any atom is -0.444 e. The SMILES string of the molecule is CC(C)(C)OC(=O)N1C[C@H](CBr)[C@H](F)C1. The third-order valence-electron chi connectivity index (χ3n) is 2.21. The fourth-order valence-corrected chi connectivity index (χ4v) is 2.06. The molecule has 3 nitrogen and oxygen atoms in total. The number of hydrogen-bond acceptors (Lipinski definition) is 2. The Balaban J connectivity index is 2.50. The number of carbonyl (C=O) groups excluding carboxylic acids is 1. The van der Waals surface area contributed by atoms with Crippen molar-refractivity contribution in [3.8, 4) is 0 Å². The summed E-state index contributed by atoms with van der Waals surface area (Å²) in [4.78, 5) is 13.0. The van der Waals surface area contributed by atoms with Gasteiger partial charge in [-0.2, -0.15) is 0 Å². The molecule has 0 aromatic rings. The van der Waals surface area contributed by atoms with Gasteiger partial charge in [-0.05, 0) is 20.8 Å². The Hall–Kier alpha value is -0.320. The lowest BCUT2D eigenvalue weighted by Gasteiger charge is -2.24. The molecule has 0 radical (unpaired) electrons. The second kappa shape index (κ2) is 4.68. The maximum absolute atomic E-state index is 13.4. The highest BCUT2D eigenvalue weighted by molar-refractivity contribution is 9.09. The van der Waals surface area contributed by atoms with Gasteiger partial charge in [-0.25, -0.2) is 9.18 Å². The van der Waals surface area contributed by atoms with E-state index in [1.807, 2.05) is 0 Å². The highest BCUT2D eigenvalue weighted by Gasteiger charge is 2.36. The van der Waals surface area contributed by atoms with E-state index in [0.29, 0.717) is 11.9 Å². The van der Waals surface area contributed by atoms with Crippen LogP contribution in [0.25, 0.3) is 0 Å². The first kappa shape index (κ1) is 12.7. The maximum Gasteiger partial charge on any atom is 0.410 e. The van der Waals surface area contributed by atoms with Crippen LogP contribution in [0.4, 0.5) is 9.18 Å². The van der Waals surface area contributed by atoms with E-state index in [0.717, 1.165) is 0 Å². The first-order valence-corrected chi connectivity index (χ1v) is 6.13. The highest BCUT2D eigenvalue weighted by atomic mass is 79.9. The quantitative estimate of drug-likeness (QED) is 0.692. The third-order valence-corrected chi connectivity index (χ3v) is 3.04. The average molecular weight is 282 g/mol. The summed E-state index contributed by atoms with van der Waals surface area (Å²) in [5.74, 6) is -0.113. The van der Waals surface area contributed by atoms with E-state index in [1.54, 1.807) is 20.8 Å². The molecule has 1 rings (SSSR count). The van der Waals surface area contributed by atoms with Gasteiger partial charge in [0, 0.05) is 17.8 Å². The normalized spacial score (nSPS) is 26.9. The number of alkyl halides is 2. The minimum atomic E-state index is -0.947. The van der Waals surface area contributed by atoms with Gasteiger partial charge in [-0.1, -0.05) is 15.9 Å². The molecule has 1 heterocycles. The number of nitrogens with zero attached hydrogens (tertiary/aromatic N) is 1. The highest BCUT2D eigenvalue weighted by Crippen LogP contribution is 2.23. The molecule has 0 saturated carbocycles. The largest absolute Gasteiger partial charge is 0.444 e. The van der Waals surface area contributed by atoms with Crippen molar-refractivity contribution in [3.05, 3.63) is 0 Å². The molecule has 0 bridgehead atoms. The molecule has 0 aromatic carbocycles. The number of hydrogen-bond donors (Lipinski definition) is 0. The van der Waals surface area contributed by atoms with Gasteiger partial charge >= 0.3 is 6.09 Å². The first-order chi connectivity index (χ1) is 6.83. The lowest BCUT2D eigenvalue weighted by atomic mass is 10.1. The van der Waals surface area contributed by atoms with Crippen molar-refractivity contribution in [2.24, 2.45) is 5.92 Å². The Morgan fingerprint density at radius 3 is 2.53 bits per heavy atom. The Kier molecular flexibility index (Phi) is 3.98. The van der Waals surface area contributed by atoms with Crippen molar-refractivity contribution >= 4 is 22.0 Å². The van der Waals surface area contributed by atoms with Gasteiger partial charge in [0.1, 0.15) is 11.8 Å². The van der Waals surface area contributed by atoms with E-state index in [-0.39, 0.29) is 12.5 Å². The second-order valence-electron chi connectivity index (χ2n) is 4.82. The van der Waals surface area contributed by atoms with Crippen LogP contribution in [-0.2, 0) is 4.74 Å². The molecule has 0 spiro atoms. The van der Waals surface area contributed by atoms with Crippen molar-refractivity contribution in [2.45, 2.75) is 32.5 Å². The molecule has 1 amide bonds. The molecule has 2 atom stereocenters. The van der Waals surface area contributed by atoms with Gasteiger partial charge in [0.2, 0.25) is 0 Å². The van der Waals surface area contributed by atoms with Crippen LogP contribution >= 0.6 is 15.9 Å². The lowest BCUT2D eigenvalue weighted by molar-refractivity contribution is 0.0282. The van der Waals surface area contributed by atoms with E-state index in [1.165, 1.54) is 4.90 Å². The zero-order valence-corrected chi connectivity index (χ0v) is 10.9. The number of halogens is 2. The molecule has 15 heavy (non-hydrogen) atoms. The van der Waals surface area contributed by atoms with Crippen molar-refractivity contribution in [1.82, 2.24) is 4.90 Å². The summed E-state index contributed by atoms with van der Waals surface area (Å²) in [5.41, 5.74) is -0.518. The van der Waals surface area contributed by atoms with E-state index in [2.05, 4.69) is 15.9 Å². The number of rotatable bonds is 1. The number of carbonyl (C=O) groups is 1. The van der Waals surface area contributed by atoms with Gasteiger partial charge in [-0.3, -0.25) is 0 Å². The van der Waals surface area contributed by atoms with Crippen LogP contribution in [0.1, 0.15) is 20.8 Å². The second-order valence-corrected chi connectivity index (χ2v) is 5.46. The molecule has 1 saturated heterocycles. The minimum absolute atomic E-state index is 0.113. The number of amides is 1. The average Bonchev–Trinajstić information content (AvgIpc) is 2.43. The smallest absolute Gasteiger partial charge is 0.410 e. The molecule has 0 aliphatic carbocycles. The van der Waals surface area contributed by atoms with Crippen molar-refractivity contribution in [1.29, 1.82) is 0 Å². The predicted molar refractivity (Wildman–Crippen MR) is 60.0 cm³/mol. The fraction of sp³-hybridized carbons (Fsp3) is 0.900. The molecule has 1 aliphatic heterocycles. The summed E-state index contributed by atoms with van der Waals surface area (Å²) in [6.45, 7) is 5.98. The fourth-order valence-electron chi connectivity index (χ4n) is 1.45. The zero-order valence-electron chi connectivity index (χ0n) is 9.30. The van der Waals surface area contributed by atoms with Crippen LogP contribution < -0.4 is 0 Å². The van der Waals surface area contributed by atoms with E-state index in [9.17, 15) is 9.18 Å². The van der Waals surface area contributed by atoms with Crippen molar-refractivity contribution < 1.29 is 13.9 Å². The maximum atomic E-state index is 13.4. The van der Waals surface area contributed by atoms with Crippen LogP contribution in [0, 0.1) is 5.92 Å². The Labute approximate surface area is 98.1 Å². The Morgan fingerprint density at radius 1 is 1.53 bits per heavy atom. The first-order valence-electron chi connectivity index (χ1n) is 5.01. The summed E-state index contributed by atoms with van der Waals surface area (Å²) in [7, 11) is 0. The van der Waals surface area contributed by atoms with E-state index in [4.69, 9.17) is 4.74 Å². The summed E-state index contributed by atoms with van der Waals surface area (Å²) >= 11 is 3.24. The third kappa shape index (κ3) is 3.63. The number of ether oxygens (including phenoxy) is 1. The van der Waals surface area contributed by atoms with Gasteiger partial charge in [0.15, 0.2) is 0 Å². The lowest BCUT2D eigenvalue weighted by Crippen LogP contribution is -2.35. The molecule has 5 heteroatoms. The predicted octanol–water partition coefficient (Wildman–Crippen LogP) is 2.59. The van der Waals surface area contributed by atoms with E-state index >= 15 is 0 Å². The topological polar surface area (TPSA) is 29.5 Å². The summed E-state index contributed by atoms with van der Waals surface area (Å²) in [6, 6.07) is 0. The van der Waals surface area contributed by atoms with Crippen LogP contribution in [0.2, 0.25) is 0 Å². The molecule has 88 valence electrons. The van der Waals surface area contributed by atoms with Gasteiger partial charge in [0.25, 0.3) is 0 Å². The molecule has 1 fully saturated rings. The molecular formula is C10H17BrFNO2. The zero-order chi connectivity index (χ0) is 11.6. The monoisotopic (exact) mass is 281 g/mol. The molecule has 1 aliphatic rings. The summed E-state index contributed by atoms with van der Waals surface area (Å²) in [6.07, 6.45) is -1.37. The van der Waals surface area contributed by atoms with Crippen molar-refractivity contribution in [3.63, 3.8) is 0 Å². The summed E-state index contributed by atoms with van der Waals surface area (Å²) < 4.78 is 18.5. The number of likely N-dealkylation sites (tertiary alicyclic amines) is 1. The Morgan fingerprint density at radius 2 is 2.13 bits per heavy atom. The summed E-state index contributed by atoms with van der Waals surface area (Å²) in [5, 5.41) is 0.577. The standard InChI is InChI=1S/C10H17BrFNO2/c1-10(2,3)15-9(14)13-5-7(4-11)8(12)6-13/h7-8H,4-6H2,1-3H3/t7-,8+/m0/s1. The van der Waals surface area contributed by atoms with Crippen LogP contribution in [-0.4, -0.2) is 41.2 Å². The van der Waals surface area contributed by atoms with E-state index < -0.39 is 17.9 Å². The van der Waals surface area contributed by atoms with Gasteiger partial charge in [0.05, 0.1) is 6.54 Å².